The van der Waals surface area contributed by atoms with Gasteiger partial charge in [0.15, 0.2) is 0 Å². The van der Waals surface area contributed by atoms with Crippen LogP contribution in [-0.4, -0.2) is 17.3 Å². The van der Waals surface area contributed by atoms with Gasteiger partial charge in [0, 0.05) is 24.0 Å². The smallest absolute Gasteiger partial charge is 0.0728 e. The number of rotatable bonds is 6. The van der Waals surface area contributed by atoms with Gasteiger partial charge in [0.05, 0.1) is 5.60 Å². The zero-order chi connectivity index (χ0) is 19.4. The minimum absolute atomic E-state index is 0. The average molecular weight is 430 g/mol. The quantitative estimate of drug-likeness (QED) is 0.469. The fourth-order valence-electron chi connectivity index (χ4n) is 4.56. The fourth-order valence-corrected chi connectivity index (χ4v) is 4.78. The molecule has 2 nitrogen and oxygen atoms in total. The highest BCUT2D eigenvalue weighted by atomic mass is 35.5. The Morgan fingerprint density at radius 2 is 1.66 bits per heavy atom. The highest BCUT2D eigenvalue weighted by molar-refractivity contribution is 6.30. The van der Waals surface area contributed by atoms with Gasteiger partial charge in [-0.05, 0) is 46.9 Å². The molecule has 4 heteroatoms. The molecule has 154 valence electrons. The standard InChI is InChI=1S/C25H28ClNO.ClH/c26-23-10-6-7-19(15-23)17-27-18-24(25(28)13-4-1-5-14-25)22-12-11-20-8-2-3-9-21(20)16-22;/h2-3,6-12,15-16,24,27-28H,1,4-5,13-14,17-18H2;1H. The predicted octanol–water partition coefficient (Wildman–Crippen LogP) is 6.48. The van der Waals surface area contributed by atoms with Gasteiger partial charge in [-0.3, -0.25) is 0 Å². The van der Waals surface area contributed by atoms with E-state index in [1.54, 1.807) is 0 Å². The Morgan fingerprint density at radius 3 is 2.41 bits per heavy atom. The van der Waals surface area contributed by atoms with Crippen LogP contribution in [0.15, 0.2) is 66.7 Å². The van der Waals surface area contributed by atoms with E-state index in [0.717, 1.165) is 43.8 Å². The molecule has 0 radical (unpaired) electrons. The predicted molar refractivity (Wildman–Crippen MR) is 125 cm³/mol. The second-order valence-electron chi connectivity index (χ2n) is 8.08. The Balaban J connectivity index is 0.00000240. The van der Waals surface area contributed by atoms with Crippen molar-refractivity contribution in [2.45, 2.75) is 50.2 Å². The summed E-state index contributed by atoms with van der Waals surface area (Å²) >= 11 is 6.11. The molecule has 1 aliphatic carbocycles. The molecule has 4 rings (SSSR count). The highest BCUT2D eigenvalue weighted by Gasteiger charge is 2.38. The van der Waals surface area contributed by atoms with Gasteiger partial charge < -0.3 is 10.4 Å². The maximum Gasteiger partial charge on any atom is 0.0728 e. The molecular weight excluding hydrogens is 401 g/mol. The van der Waals surface area contributed by atoms with Gasteiger partial charge in [0.2, 0.25) is 0 Å². The van der Waals surface area contributed by atoms with E-state index >= 15 is 0 Å². The molecule has 0 bridgehead atoms. The van der Waals surface area contributed by atoms with Gasteiger partial charge in [0.1, 0.15) is 0 Å². The molecule has 0 aromatic heterocycles. The van der Waals surface area contributed by atoms with Crippen LogP contribution in [0.4, 0.5) is 0 Å². The van der Waals surface area contributed by atoms with Gasteiger partial charge in [-0.15, -0.1) is 12.4 Å². The van der Waals surface area contributed by atoms with Crippen molar-refractivity contribution in [1.82, 2.24) is 5.32 Å². The van der Waals surface area contributed by atoms with Crippen LogP contribution in [0.25, 0.3) is 10.8 Å². The summed E-state index contributed by atoms with van der Waals surface area (Å²) in [5.41, 5.74) is 1.75. The third kappa shape index (κ3) is 5.32. The normalized spacial score (nSPS) is 16.9. The van der Waals surface area contributed by atoms with Gasteiger partial charge >= 0.3 is 0 Å². The molecule has 1 atom stereocenters. The van der Waals surface area contributed by atoms with E-state index in [1.807, 2.05) is 18.2 Å². The highest BCUT2D eigenvalue weighted by Crippen LogP contribution is 2.40. The van der Waals surface area contributed by atoms with Crippen molar-refractivity contribution < 1.29 is 5.11 Å². The molecule has 0 saturated heterocycles. The van der Waals surface area contributed by atoms with Gasteiger partial charge in [-0.1, -0.05) is 85.5 Å². The molecular formula is C25H29Cl2NO. The van der Waals surface area contributed by atoms with Crippen molar-refractivity contribution in [3.63, 3.8) is 0 Å². The summed E-state index contributed by atoms with van der Waals surface area (Å²) in [6.45, 7) is 1.50. The van der Waals surface area contributed by atoms with E-state index in [0.29, 0.717) is 0 Å². The first-order valence-corrected chi connectivity index (χ1v) is 10.7. The number of halogens is 2. The van der Waals surface area contributed by atoms with Gasteiger partial charge in [0.25, 0.3) is 0 Å². The van der Waals surface area contributed by atoms with Crippen molar-refractivity contribution in [3.05, 3.63) is 82.9 Å². The van der Waals surface area contributed by atoms with Crippen LogP contribution >= 0.6 is 24.0 Å². The van der Waals surface area contributed by atoms with Crippen LogP contribution in [0.3, 0.4) is 0 Å². The number of aliphatic hydroxyl groups is 1. The molecule has 1 unspecified atom stereocenters. The van der Waals surface area contributed by atoms with E-state index in [2.05, 4.69) is 53.8 Å². The summed E-state index contributed by atoms with van der Waals surface area (Å²) in [5, 5.41) is 18.4. The Labute approximate surface area is 184 Å². The molecule has 0 spiro atoms. The number of hydrogen-bond donors (Lipinski definition) is 2. The number of hydrogen-bond acceptors (Lipinski definition) is 2. The SMILES string of the molecule is Cl.OC1(C(CNCc2cccc(Cl)c2)c2ccc3ccccc3c2)CCCCC1. The maximum absolute atomic E-state index is 11.5. The van der Waals surface area contributed by atoms with Crippen molar-refractivity contribution >= 4 is 34.8 Å². The second kappa shape index (κ2) is 9.95. The largest absolute Gasteiger partial charge is 0.389 e. The van der Waals surface area contributed by atoms with Crippen LogP contribution in [0.5, 0.6) is 0 Å². The van der Waals surface area contributed by atoms with Gasteiger partial charge in [-0.25, -0.2) is 0 Å². The minimum atomic E-state index is -0.637. The lowest BCUT2D eigenvalue weighted by Gasteiger charge is -2.40. The molecule has 2 N–H and O–H groups in total. The van der Waals surface area contributed by atoms with E-state index in [9.17, 15) is 5.11 Å². The summed E-state index contributed by atoms with van der Waals surface area (Å²) < 4.78 is 0. The third-order valence-corrected chi connectivity index (χ3v) is 6.35. The average Bonchev–Trinajstić information content (AvgIpc) is 2.71. The second-order valence-corrected chi connectivity index (χ2v) is 8.52. The van der Waals surface area contributed by atoms with E-state index in [4.69, 9.17) is 11.6 Å². The lowest BCUT2D eigenvalue weighted by molar-refractivity contribution is -0.0216. The molecule has 0 heterocycles. The number of nitrogens with one attached hydrogen (secondary N) is 1. The molecule has 1 aliphatic rings. The van der Waals surface area contributed by atoms with Crippen molar-refractivity contribution in [2.24, 2.45) is 0 Å². The zero-order valence-electron chi connectivity index (χ0n) is 16.6. The van der Waals surface area contributed by atoms with Crippen molar-refractivity contribution in [1.29, 1.82) is 0 Å². The Bertz CT molecular complexity index is 937. The maximum atomic E-state index is 11.5. The lowest BCUT2D eigenvalue weighted by atomic mass is 9.72. The van der Waals surface area contributed by atoms with E-state index < -0.39 is 5.60 Å². The number of fused-ring (bicyclic) bond motifs is 1. The molecule has 29 heavy (non-hydrogen) atoms. The molecule has 0 aliphatic heterocycles. The first-order chi connectivity index (χ1) is 13.6. The van der Waals surface area contributed by atoms with E-state index in [1.165, 1.54) is 28.3 Å². The summed E-state index contributed by atoms with van der Waals surface area (Å²) in [4.78, 5) is 0. The lowest BCUT2D eigenvalue weighted by Crippen LogP contribution is -2.43. The van der Waals surface area contributed by atoms with Crippen LogP contribution < -0.4 is 5.32 Å². The fraction of sp³-hybridized carbons (Fsp3) is 0.360. The molecule has 3 aromatic carbocycles. The van der Waals surface area contributed by atoms with Crippen molar-refractivity contribution in [3.8, 4) is 0 Å². The Morgan fingerprint density at radius 1 is 0.897 bits per heavy atom. The number of benzene rings is 3. The Kier molecular flexibility index (Phi) is 7.59. The first-order valence-electron chi connectivity index (χ1n) is 10.3. The summed E-state index contributed by atoms with van der Waals surface area (Å²) in [6.07, 6.45) is 5.19. The van der Waals surface area contributed by atoms with E-state index in [-0.39, 0.29) is 18.3 Å². The van der Waals surface area contributed by atoms with Crippen LogP contribution in [0, 0.1) is 0 Å². The molecule has 3 aromatic rings. The topological polar surface area (TPSA) is 32.3 Å². The summed E-state index contributed by atoms with van der Waals surface area (Å²) in [5.74, 6) is 0.0802. The zero-order valence-corrected chi connectivity index (χ0v) is 18.2. The third-order valence-electron chi connectivity index (χ3n) is 6.11. The monoisotopic (exact) mass is 429 g/mol. The Hall–Kier alpha value is -1.58. The van der Waals surface area contributed by atoms with Crippen LogP contribution in [-0.2, 0) is 6.54 Å². The molecule has 0 amide bonds. The summed E-state index contributed by atoms with van der Waals surface area (Å²) in [6, 6.07) is 23.0. The first kappa shape index (κ1) is 22.1. The van der Waals surface area contributed by atoms with Crippen LogP contribution in [0.2, 0.25) is 5.02 Å². The molecule has 1 fully saturated rings. The van der Waals surface area contributed by atoms with Gasteiger partial charge in [-0.2, -0.15) is 0 Å². The van der Waals surface area contributed by atoms with Crippen LogP contribution in [0.1, 0.15) is 49.1 Å². The van der Waals surface area contributed by atoms with Crippen molar-refractivity contribution in [2.75, 3.05) is 6.54 Å². The molecule has 1 saturated carbocycles. The summed E-state index contributed by atoms with van der Waals surface area (Å²) in [7, 11) is 0. The minimum Gasteiger partial charge on any atom is -0.389 e.